The van der Waals surface area contributed by atoms with Crippen molar-refractivity contribution in [2.45, 2.75) is 34.6 Å². The molecule has 5 nitrogen and oxygen atoms in total. The average molecular weight is 456 g/mol. The van der Waals surface area contributed by atoms with Crippen LogP contribution in [0.5, 0.6) is 28.7 Å². The molecule has 0 aromatic heterocycles. The zero-order valence-electron chi connectivity index (χ0n) is 20.0. The van der Waals surface area contributed by atoms with Gasteiger partial charge in [0, 0.05) is 6.07 Å². The number of phenolic OH excluding ortho intramolecular Hbond substituents is 3. The Kier molecular flexibility index (Phi) is 6.12. The third kappa shape index (κ3) is 4.37. The van der Waals surface area contributed by atoms with E-state index in [4.69, 9.17) is 4.74 Å². The Bertz CT molecular complexity index is 1270. The number of ether oxygens (including phenoxy) is 1. The van der Waals surface area contributed by atoms with Gasteiger partial charge in [0.05, 0.1) is 17.1 Å². The van der Waals surface area contributed by atoms with Crippen molar-refractivity contribution in [1.29, 1.82) is 0 Å². The second-order valence-electron chi connectivity index (χ2n) is 8.75. The van der Waals surface area contributed by atoms with E-state index in [2.05, 4.69) is 0 Å². The Hall–Kier alpha value is -4.12. The first-order chi connectivity index (χ1) is 16.2. The molecule has 34 heavy (non-hydrogen) atoms. The Morgan fingerprint density at radius 1 is 0.588 bits per heavy atom. The minimum absolute atomic E-state index is 0.0974. The largest absolute Gasteiger partial charge is 0.508 e. The van der Waals surface area contributed by atoms with E-state index in [0.717, 1.165) is 27.8 Å². The van der Waals surface area contributed by atoms with Gasteiger partial charge in [0.2, 0.25) is 0 Å². The SMILES string of the molecule is Cc1cc(C)c(N(c2ccccc2Oc2cc(O)ccc2C)c2c(C)cc(C)cc2O)c(O)c1. The quantitative estimate of drug-likeness (QED) is 0.289. The lowest BCUT2D eigenvalue weighted by Crippen LogP contribution is -2.14. The molecule has 0 aliphatic carbocycles. The predicted molar refractivity (Wildman–Crippen MR) is 136 cm³/mol. The summed E-state index contributed by atoms with van der Waals surface area (Å²) in [6.07, 6.45) is 0. The third-order valence-electron chi connectivity index (χ3n) is 5.79. The van der Waals surface area contributed by atoms with Crippen molar-refractivity contribution in [2.75, 3.05) is 4.90 Å². The Morgan fingerprint density at radius 2 is 1.15 bits per heavy atom. The van der Waals surface area contributed by atoms with Gasteiger partial charge in [-0.15, -0.1) is 0 Å². The van der Waals surface area contributed by atoms with Gasteiger partial charge in [0.1, 0.15) is 23.0 Å². The van der Waals surface area contributed by atoms with E-state index in [1.54, 1.807) is 30.3 Å². The molecule has 3 N–H and O–H groups in total. The van der Waals surface area contributed by atoms with Crippen molar-refractivity contribution in [3.8, 4) is 28.7 Å². The number of rotatable bonds is 5. The van der Waals surface area contributed by atoms with Crippen molar-refractivity contribution in [3.63, 3.8) is 0 Å². The van der Waals surface area contributed by atoms with Crippen LogP contribution in [0.1, 0.15) is 27.8 Å². The number of para-hydroxylation sites is 2. The van der Waals surface area contributed by atoms with Crippen LogP contribution in [0, 0.1) is 34.6 Å². The number of benzene rings is 4. The van der Waals surface area contributed by atoms with Crippen molar-refractivity contribution >= 4 is 17.1 Å². The topological polar surface area (TPSA) is 73.2 Å². The van der Waals surface area contributed by atoms with Gasteiger partial charge in [0.15, 0.2) is 5.75 Å². The summed E-state index contributed by atoms with van der Waals surface area (Å²) in [5.74, 6) is 1.33. The van der Waals surface area contributed by atoms with Crippen LogP contribution in [0.15, 0.2) is 66.7 Å². The summed E-state index contributed by atoms with van der Waals surface area (Å²) in [5, 5.41) is 32.1. The number of hydrogen-bond donors (Lipinski definition) is 3. The molecule has 0 spiro atoms. The zero-order valence-corrected chi connectivity index (χ0v) is 20.0. The molecule has 0 radical (unpaired) electrons. The second kappa shape index (κ2) is 9.02. The molecule has 0 heterocycles. The molecule has 4 aromatic carbocycles. The Balaban J connectivity index is 2.00. The van der Waals surface area contributed by atoms with E-state index in [1.807, 2.05) is 75.9 Å². The third-order valence-corrected chi connectivity index (χ3v) is 5.79. The lowest BCUT2D eigenvalue weighted by atomic mass is 10.0. The second-order valence-corrected chi connectivity index (χ2v) is 8.75. The summed E-state index contributed by atoms with van der Waals surface area (Å²) >= 11 is 0. The van der Waals surface area contributed by atoms with Gasteiger partial charge < -0.3 is 20.1 Å². The highest BCUT2D eigenvalue weighted by Crippen LogP contribution is 2.50. The number of hydrogen-bond acceptors (Lipinski definition) is 5. The fourth-order valence-corrected chi connectivity index (χ4v) is 4.36. The van der Waals surface area contributed by atoms with Crippen LogP contribution in [0.2, 0.25) is 0 Å². The zero-order chi connectivity index (χ0) is 24.6. The lowest BCUT2D eigenvalue weighted by molar-refractivity contribution is 0.453. The first-order valence-electron chi connectivity index (χ1n) is 11.1. The molecular formula is C29H29NO4. The molecular weight excluding hydrogens is 426 g/mol. The van der Waals surface area contributed by atoms with Crippen molar-refractivity contribution in [3.05, 3.63) is 94.5 Å². The number of nitrogens with zero attached hydrogens (tertiary/aromatic N) is 1. The minimum Gasteiger partial charge on any atom is -0.508 e. The summed E-state index contributed by atoms with van der Waals surface area (Å²) in [7, 11) is 0. The molecule has 5 heteroatoms. The van der Waals surface area contributed by atoms with Crippen molar-refractivity contribution in [2.24, 2.45) is 0 Å². The maximum absolute atomic E-state index is 11.1. The molecule has 0 amide bonds. The number of anilines is 3. The normalized spacial score (nSPS) is 10.9. The fourth-order valence-electron chi connectivity index (χ4n) is 4.36. The molecule has 0 atom stereocenters. The van der Waals surface area contributed by atoms with Crippen LogP contribution in [0.25, 0.3) is 0 Å². The molecule has 0 saturated heterocycles. The molecule has 0 aliphatic heterocycles. The van der Waals surface area contributed by atoms with Crippen LogP contribution in [0.4, 0.5) is 17.1 Å². The molecule has 4 rings (SSSR count). The molecule has 0 bridgehead atoms. The van der Waals surface area contributed by atoms with Gasteiger partial charge in [-0.05, 0) is 92.8 Å². The predicted octanol–water partition coefficient (Wildman–Crippen LogP) is 7.61. The molecule has 0 fully saturated rings. The average Bonchev–Trinajstić information content (AvgIpc) is 2.74. The molecule has 0 aliphatic rings. The number of aromatic hydroxyl groups is 3. The summed E-state index contributed by atoms with van der Waals surface area (Å²) in [5.41, 5.74) is 6.16. The van der Waals surface area contributed by atoms with Gasteiger partial charge >= 0.3 is 0 Å². The highest BCUT2D eigenvalue weighted by Gasteiger charge is 2.26. The van der Waals surface area contributed by atoms with Crippen LogP contribution in [-0.2, 0) is 0 Å². The Morgan fingerprint density at radius 3 is 1.71 bits per heavy atom. The smallest absolute Gasteiger partial charge is 0.151 e. The molecule has 4 aromatic rings. The minimum atomic E-state index is 0.0974. The van der Waals surface area contributed by atoms with E-state index >= 15 is 0 Å². The van der Waals surface area contributed by atoms with Crippen molar-refractivity contribution in [1.82, 2.24) is 0 Å². The van der Waals surface area contributed by atoms with E-state index in [-0.39, 0.29) is 17.2 Å². The first-order valence-corrected chi connectivity index (χ1v) is 11.1. The maximum Gasteiger partial charge on any atom is 0.151 e. The maximum atomic E-state index is 11.1. The van der Waals surface area contributed by atoms with Crippen LogP contribution in [-0.4, -0.2) is 15.3 Å². The number of aryl methyl sites for hydroxylation is 5. The van der Waals surface area contributed by atoms with Crippen molar-refractivity contribution < 1.29 is 20.1 Å². The molecule has 0 saturated carbocycles. The van der Waals surface area contributed by atoms with Gasteiger partial charge in [-0.3, -0.25) is 4.90 Å². The summed E-state index contributed by atoms with van der Waals surface area (Å²) in [6, 6.07) is 19.8. The summed E-state index contributed by atoms with van der Waals surface area (Å²) < 4.78 is 6.29. The van der Waals surface area contributed by atoms with Gasteiger partial charge in [-0.25, -0.2) is 0 Å². The Labute approximate surface area is 200 Å². The molecule has 174 valence electrons. The van der Waals surface area contributed by atoms with Gasteiger partial charge in [-0.2, -0.15) is 0 Å². The van der Waals surface area contributed by atoms with Crippen LogP contribution < -0.4 is 9.64 Å². The van der Waals surface area contributed by atoms with Gasteiger partial charge in [0.25, 0.3) is 0 Å². The highest BCUT2D eigenvalue weighted by molar-refractivity contribution is 5.88. The van der Waals surface area contributed by atoms with Gasteiger partial charge in [-0.1, -0.05) is 30.3 Å². The number of phenols is 3. The lowest BCUT2D eigenvalue weighted by Gasteiger charge is -2.31. The summed E-state index contributed by atoms with van der Waals surface area (Å²) in [4.78, 5) is 1.83. The van der Waals surface area contributed by atoms with E-state index in [0.29, 0.717) is 28.6 Å². The van der Waals surface area contributed by atoms with E-state index in [9.17, 15) is 15.3 Å². The molecule has 0 unspecified atom stereocenters. The first kappa shape index (κ1) is 23.1. The van der Waals surface area contributed by atoms with E-state index in [1.165, 1.54) is 0 Å². The van der Waals surface area contributed by atoms with Crippen LogP contribution in [0.3, 0.4) is 0 Å². The standard InChI is InChI=1S/C29H29NO4/c1-17-12-20(4)28(24(32)14-17)30(29-21(5)13-18(2)15-25(29)33)23-8-6-7-9-26(23)34-27-16-22(31)11-10-19(27)3/h6-16,31-33H,1-5H3. The van der Waals surface area contributed by atoms with E-state index < -0.39 is 0 Å². The summed E-state index contributed by atoms with van der Waals surface area (Å²) in [6.45, 7) is 9.62. The van der Waals surface area contributed by atoms with Crippen LogP contribution >= 0.6 is 0 Å². The monoisotopic (exact) mass is 455 g/mol. The highest BCUT2D eigenvalue weighted by atomic mass is 16.5. The fraction of sp³-hybridized carbons (Fsp3) is 0.172.